The van der Waals surface area contributed by atoms with Crippen molar-refractivity contribution in [3.63, 3.8) is 0 Å². The first-order valence-corrected chi connectivity index (χ1v) is 8.29. The largest absolute Gasteiger partial charge is 0.480 e. The van der Waals surface area contributed by atoms with Crippen molar-refractivity contribution in [2.45, 2.75) is 88.8 Å². The Bertz CT molecular complexity index is 317. The summed E-state index contributed by atoms with van der Waals surface area (Å²) in [5.41, 5.74) is -0.729. The molecule has 2 aliphatic carbocycles. The fourth-order valence-electron chi connectivity index (χ4n) is 3.15. The lowest BCUT2D eigenvalue weighted by atomic mass is 9.80. The Morgan fingerprint density at radius 3 is 2.75 bits per heavy atom. The number of ether oxygens (including phenoxy) is 1. The summed E-state index contributed by atoms with van der Waals surface area (Å²) in [6.45, 7) is 2.98. The quantitative estimate of drug-likeness (QED) is 0.638. The summed E-state index contributed by atoms with van der Waals surface area (Å²) < 4.78 is 5.93. The summed E-state index contributed by atoms with van der Waals surface area (Å²) in [6, 6.07) is 0.425. The van der Waals surface area contributed by atoms with Crippen LogP contribution in [0.15, 0.2) is 0 Å². The van der Waals surface area contributed by atoms with E-state index in [1.165, 1.54) is 19.3 Å². The van der Waals surface area contributed by atoms with Crippen molar-refractivity contribution in [1.29, 1.82) is 0 Å². The van der Waals surface area contributed by atoms with Gasteiger partial charge in [-0.3, -0.25) is 10.1 Å². The average Bonchev–Trinajstić information content (AvgIpc) is 3.22. The molecule has 0 aromatic heterocycles. The molecule has 0 aliphatic heterocycles. The van der Waals surface area contributed by atoms with Crippen LogP contribution in [0.1, 0.15) is 71.1 Å². The van der Waals surface area contributed by atoms with Crippen LogP contribution >= 0.6 is 0 Å². The van der Waals surface area contributed by atoms with E-state index < -0.39 is 11.5 Å². The number of aliphatic carboxylic acids is 1. The van der Waals surface area contributed by atoms with E-state index >= 15 is 0 Å². The van der Waals surface area contributed by atoms with Crippen LogP contribution in [0.5, 0.6) is 0 Å². The van der Waals surface area contributed by atoms with E-state index in [9.17, 15) is 9.90 Å². The number of nitrogens with one attached hydrogen (secondary N) is 1. The SMILES string of the molecule is CCCCCCOC1CCCC(NC2CC2)(C(=O)O)C1. The molecule has 4 heteroatoms. The van der Waals surface area contributed by atoms with Gasteiger partial charge in [0, 0.05) is 19.1 Å². The lowest BCUT2D eigenvalue weighted by molar-refractivity contribution is -0.149. The maximum absolute atomic E-state index is 11.7. The van der Waals surface area contributed by atoms with Crippen LogP contribution in [0, 0.1) is 0 Å². The van der Waals surface area contributed by atoms with Crippen molar-refractivity contribution >= 4 is 5.97 Å². The first-order valence-electron chi connectivity index (χ1n) is 8.29. The van der Waals surface area contributed by atoms with Gasteiger partial charge in [0.2, 0.25) is 0 Å². The molecule has 2 N–H and O–H groups in total. The number of unbranched alkanes of at least 4 members (excludes halogenated alkanes) is 3. The fourth-order valence-corrected chi connectivity index (χ4v) is 3.15. The zero-order valence-corrected chi connectivity index (χ0v) is 12.7. The third-order valence-electron chi connectivity index (χ3n) is 4.52. The second-order valence-corrected chi connectivity index (χ2v) is 6.46. The van der Waals surface area contributed by atoms with Gasteiger partial charge in [0.1, 0.15) is 5.54 Å². The summed E-state index contributed by atoms with van der Waals surface area (Å²) in [6.07, 6.45) is 10.5. The predicted octanol–water partition coefficient (Wildman–Crippen LogP) is 3.10. The summed E-state index contributed by atoms with van der Waals surface area (Å²) in [5, 5.41) is 13.0. The number of carbonyl (C=O) groups is 1. The summed E-state index contributed by atoms with van der Waals surface area (Å²) in [5.74, 6) is -0.691. The molecule has 4 nitrogen and oxygen atoms in total. The minimum Gasteiger partial charge on any atom is -0.480 e. The highest BCUT2D eigenvalue weighted by atomic mass is 16.5. The van der Waals surface area contributed by atoms with Gasteiger partial charge in [-0.25, -0.2) is 0 Å². The van der Waals surface area contributed by atoms with E-state index in [2.05, 4.69) is 12.2 Å². The molecule has 2 atom stereocenters. The summed E-state index contributed by atoms with van der Waals surface area (Å²) >= 11 is 0. The molecule has 0 radical (unpaired) electrons. The topological polar surface area (TPSA) is 58.6 Å². The Balaban J connectivity index is 1.78. The molecular formula is C16H29NO3. The van der Waals surface area contributed by atoms with Crippen LogP contribution in [0.4, 0.5) is 0 Å². The van der Waals surface area contributed by atoms with Gasteiger partial charge in [0.25, 0.3) is 0 Å². The molecule has 0 bridgehead atoms. The lowest BCUT2D eigenvalue weighted by Crippen LogP contribution is -2.57. The van der Waals surface area contributed by atoms with E-state index in [4.69, 9.17) is 4.74 Å². The van der Waals surface area contributed by atoms with Gasteiger partial charge in [-0.15, -0.1) is 0 Å². The number of hydrogen-bond donors (Lipinski definition) is 2. The molecule has 2 rings (SSSR count). The molecule has 0 amide bonds. The van der Waals surface area contributed by atoms with Crippen LogP contribution in [0.2, 0.25) is 0 Å². The second-order valence-electron chi connectivity index (χ2n) is 6.46. The van der Waals surface area contributed by atoms with E-state index in [1.807, 2.05) is 0 Å². The molecular weight excluding hydrogens is 254 g/mol. The first kappa shape index (κ1) is 15.8. The van der Waals surface area contributed by atoms with E-state index in [-0.39, 0.29) is 6.10 Å². The molecule has 2 aliphatic rings. The van der Waals surface area contributed by atoms with Gasteiger partial charge in [-0.05, 0) is 38.5 Å². The summed E-state index contributed by atoms with van der Waals surface area (Å²) in [7, 11) is 0. The molecule has 0 spiro atoms. The van der Waals surface area contributed by atoms with Crippen molar-refractivity contribution in [1.82, 2.24) is 5.32 Å². The maximum atomic E-state index is 11.7. The van der Waals surface area contributed by atoms with Gasteiger partial charge >= 0.3 is 5.97 Å². The highest BCUT2D eigenvalue weighted by Crippen LogP contribution is 2.34. The normalized spacial score (nSPS) is 30.4. The zero-order valence-electron chi connectivity index (χ0n) is 12.7. The highest BCUT2D eigenvalue weighted by Gasteiger charge is 2.46. The molecule has 0 aromatic carbocycles. The van der Waals surface area contributed by atoms with Crippen molar-refractivity contribution in [3.05, 3.63) is 0 Å². The molecule has 2 unspecified atom stereocenters. The van der Waals surface area contributed by atoms with E-state index in [0.717, 1.165) is 45.1 Å². The average molecular weight is 283 g/mol. The van der Waals surface area contributed by atoms with Gasteiger partial charge in [0.15, 0.2) is 0 Å². The Kier molecular flexibility index (Phi) is 5.85. The van der Waals surface area contributed by atoms with Crippen molar-refractivity contribution in [2.24, 2.45) is 0 Å². The van der Waals surface area contributed by atoms with Crippen molar-refractivity contribution in [2.75, 3.05) is 6.61 Å². The van der Waals surface area contributed by atoms with Crippen molar-refractivity contribution < 1.29 is 14.6 Å². The predicted molar refractivity (Wildman–Crippen MR) is 78.9 cm³/mol. The van der Waals surface area contributed by atoms with Gasteiger partial charge in [-0.1, -0.05) is 26.2 Å². The molecule has 0 aromatic rings. The minimum atomic E-state index is -0.729. The Morgan fingerprint density at radius 1 is 1.30 bits per heavy atom. The highest BCUT2D eigenvalue weighted by molar-refractivity contribution is 5.79. The van der Waals surface area contributed by atoms with Crippen LogP contribution in [0.3, 0.4) is 0 Å². The minimum absolute atomic E-state index is 0.118. The lowest BCUT2D eigenvalue weighted by Gasteiger charge is -2.38. The number of carboxylic acid groups (broad SMARTS) is 1. The van der Waals surface area contributed by atoms with Crippen molar-refractivity contribution in [3.8, 4) is 0 Å². The third kappa shape index (κ3) is 4.45. The van der Waals surface area contributed by atoms with Crippen LogP contribution in [-0.2, 0) is 9.53 Å². The third-order valence-corrected chi connectivity index (χ3v) is 4.52. The molecule has 20 heavy (non-hydrogen) atoms. The fraction of sp³-hybridized carbons (Fsp3) is 0.938. The molecule has 2 saturated carbocycles. The molecule has 0 heterocycles. The van der Waals surface area contributed by atoms with Crippen LogP contribution < -0.4 is 5.32 Å². The van der Waals surface area contributed by atoms with E-state index in [1.54, 1.807) is 0 Å². The van der Waals surface area contributed by atoms with Crippen LogP contribution in [0.25, 0.3) is 0 Å². The van der Waals surface area contributed by atoms with Gasteiger partial charge in [-0.2, -0.15) is 0 Å². The summed E-state index contributed by atoms with van der Waals surface area (Å²) in [4.78, 5) is 11.7. The Labute approximate surface area is 122 Å². The maximum Gasteiger partial charge on any atom is 0.324 e. The molecule has 116 valence electrons. The monoisotopic (exact) mass is 283 g/mol. The number of hydrogen-bond acceptors (Lipinski definition) is 3. The number of rotatable bonds is 9. The number of carboxylic acids is 1. The zero-order chi connectivity index (χ0) is 14.4. The van der Waals surface area contributed by atoms with E-state index in [0.29, 0.717) is 12.5 Å². The smallest absolute Gasteiger partial charge is 0.324 e. The standard InChI is InChI=1S/C16H29NO3/c1-2-3-4-5-11-20-14-7-6-10-16(12-14,15(18)19)17-13-8-9-13/h13-14,17H,2-12H2,1H3,(H,18,19). The molecule has 2 fully saturated rings. The van der Waals surface area contributed by atoms with Gasteiger partial charge in [0.05, 0.1) is 6.10 Å². The first-order chi connectivity index (χ1) is 9.66. The Hall–Kier alpha value is -0.610. The van der Waals surface area contributed by atoms with Gasteiger partial charge < -0.3 is 9.84 Å². The Morgan fingerprint density at radius 2 is 2.10 bits per heavy atom. The second kappa shape index (κ2) is 7.41. The van der Waals surface area contributed by atoms with Crippen LogP contribution in [-0.4, -0.2) is 35.4 Å². The molecule has 0 saturated heterocycles.